The molecule has 0 aliphatic heterocycles. The van der Waals surface area contributed by atoms with Gasteiger partial charge >= 0.3 is 0 Å². The molecule has 0 aromatic rings. The van der Waals surface area contributed by atoms with E-state index < -0.39 is 10.0 Å². The Morgan fingerprint density at radius 3 is 2.18 bits per heavy atom. The summed E-state index contributed by atoms with van der Waals surface area (Å²) in [5, 5.41) is 0. The first kappa shape index (κ1) is 14.9. The monoisotopic (exact) mass is 262 g/mol. The van der Waals surface area contributed by atoms with E-state index >= 15 is 0 Å². The van der Waals surface area contributed by atoms with Gasteiger partial charge in [-0.1, -0.05) is 33.6 Å². The largest absolute Gasteiger partial charge is 0.329 e. The van der Waals surface area contributed by atoms with Crippen LogP contribution in [-0.4, -0.2) is 26.3 Å². The standard InChI is InChI=1S/C12H26N2O2S/c1-11(2,3)8-9-17(15,16)14-12(10-13)6-4-5-7-12/h14H,4-10,13H2,1-3H3. The predicted octanol–water partition coefficient (Wildman–Crippen LogP) is 1.61. The summed E-state index contributed by atoms with van der Waals surface area (Å²) < 4.78 is 26.9. The molecule has 0 saturated heterocycles. The smallest absolute Gasteiger partial charge is 0.212 e. The summed E-state index contributed by atoms with van der Waals surface area (Å²) in [6.45, 7) is 6.56. The van der Waals surface area contributed by atoms with Crippen LogP contribution in [0.25, 0.3) is 0 Å². The molecule has 1 saturated carbocycles. The SMILES string of the molecule is CC(C)(C)CCS(=O)(=O)NC1(CN)CCCC1. The molecule has 1 aliphatic rings. The number of nitrogens with one attached hydrogen (secondary N) is 1. The summed E-state index contributed by atoms with van der Waals surface area (Å²) >= 11 is 0. The number of hydrogen-bond donors (Lipinski definition) is 2. The van der Waals surface area contributed by atoms with E-state index in [1.54, 1.807) is 0 Å². The zero-order valence-corrected chi connectivity index (χ0v) is 12.1. The van der Waals surface area contributed by atoms with Crippen molar-refractivity contribution >= 4 is 10.0 Å². The van der Waals surface area contributed by atoms with Gasteiger partial charge in [-0.15, -0.1) is 0 Å². The minimum absolute atomic E-state index is 0.0420. The number of nitrogens with two attached hydrogens (primary N) is 1. The lowest BCUT2D eigenvalue weighted by molar-refractivity contribution is 0.381. The van der Waals surface area contributed by atoms with Gasteiger partial charge in [0.25, 0.3) is 0 Å². The molecule has 0 unspecified atom stereocenters. The molecule has 102 valence electrons. The van der Waals surface area contributed by atoms with Crippen molar-refractivity contribution in [1.82, 2.24) is 4.72 Å². The maximum absolute atomic E-state index is 12.0. The second-order valence-corrected chi connectivity index (χ2v) is 8.27. The van der Waals surface area contributed by atoms with Gasteiger partial charge in [-0.2, -0.15) is 0 Å². The van der Waals surface area contributed by atoms with Crippen LogP contribution in [0.1, 0.15) is 52.9 Å². The van der Waals surface area contributed by atoms with Crippen molar-refractivity contribution < 1.29 is 8.42 Å². The predicted molar refractivity (Wildman–Crippen MR) is 71.2 cm³/mol. The molecule has 0 heterocycles. The van der Waals surface area contributed by atoms with E-state index in [-0.39, 0.29) is 16.7 Å². The van der Waals surface area contributed by atoms with E-state index in [4.69, 9.17) is 5.73 Å². The van der Waals surface area contributed by atoms with E-state index in [9.17, 15) is 8.42 Å². The molecule has 0 atom stereocenters. The van der Waals surface area contributed by atoms with Crippen molar-refractivity contribution in [1.29, 1.82) is 0 Å². The fourth-order valence-corrected chi connectivity index (χ4v) is 4.15. The van der Waals surface area contributed by atoms with Crippen molar-refractivity contribution in [3.63, 3.8) is 0 Å². The second kappa shape index (κ2) is 5.24. The lowest BCUT2D eigenvalue weighted by atomic mass is 9.94. The molecule has 0 bridgehead atoms. The molecule has 0 spiro atoms. The van der Waals surface area contributed by atoms with Crippen molar-refractivity contribution in [3.8, 4) is 0 Å². The lowest BCUT2D eigenvalue weighted by Crippen LogP contribution is -2.52. The summed E-state index contributed by atoms with van der Waals surface area (Å²) in [7, 11) is -3.20. The van der Waals surface area contributed by atoms with Gasteiger partial charge in [-0.3, -0.25) is 0 Å². The Labute approximate surface area is 105 Å². The maximum Gasteiger partial charge on any atom is 0.212 e. The van der Waals surface area contributed by atoms with Crippen LogP contribution in [0.3, 0.4) is 0 Å². The van der Waals surface area contributed by atoms with Crippen LogP contribution in [0.2, 0.25) is 0 Å². The molecular formula is C12H26N2O2S. The molecule has 17 heavy (non-hydrogen) atoms. The summed E-state index contributed by atoms with van der Waals surface area (Å²) in [6.07, 6.45) is 4.55. The van der Waals surface area contributed by atoms with Crippen LogP contribution >= 0.6 is 0 Å². The Morgan fingerprint density at radius 2 is 1.76 bits per heavy atom. The Morgan fingerprint density at radius 1 is 1.24 bits per heavy atom. The van der Waals surface area contributed by atoms with Crippen LogP contribution in [0.4, 0.5) is 0 Å². The highest BCUT2D eigenvalue weighted by atomic mass is 32.2. The second-order valence-electron chi connectivity index (χ2n) is 6.42. The number of hydrogen-bond acceptors (Lipinski definition) is 3. The normalized spacial score (nSPS) is 20.7. The van der Waals surface area contributed by atoms with Gasteiger partial charge in [0.2, 0.25) is 10.0 Å². The van der Waals surface area contributed by atoms with E-state index in [2.05, 4.69) is 25.5 Å². The van der Waals surface area contributed by atoms with Crippen LogP contribution in [0.5, 0.6) is 0 Å². The highest BCUT2D eigenvalue weighted by Crippen LogP contribution is 2.29. The van der Waals surface area contributed by atoms with Crippen molar-refractivity contribution in [2.24, 2.45) is 11.1 Å². The molecule has 5 heteroatoms. The molecule has 1 aliphatic carbocycles. The van der Waals surface area contributed by atoms with E-state index in [0.29, 0.717) is 13.0 Å². The van der Waals surface area contributed by atoms with Gasteiger partial charge in [-0.05, 0) is 24.7 Å². The first-order chi connectivity index (χ1) is 7.68. The summed E-state index contributed by atoms with van der Waals surface area (Å²) in [6, 6.07) is 0. The van der Waals surface area contributed by atoms with Gasteiger partial charge in [0.1, 0.15) is 0 Å². The minimum Gasteiger partial charge on any atom is -0.329 e. The third-order valence-electron chi connectivity index (χ3n) is 3.44. The Hall–Kier alpha value is -0.130. The van der Waals surface area contributed by atoms with E-state index in [0.717, 1.165) is 25.7 Å². The highest BCUT2D eigenvalue weighted by molar-refractivity contribution is 7.89. The topological polar surface area (TPSA) is 72.2 Å². The molecule has 1 rings (SSSR count). The minimum atomic E-state index is -3.20. The van der Waals surface area contributed by atoms with Crippen LogP contribution in [0.15, 0.2) is 0 Å². The van der Waals surface area contributed by atoms with Gasteiger partial charge in [0.15, 0.2) is 0 Å². The molecule has 0 radical (unpaired) electrons. The lowest BCUT2D eigenvalue weighted by Gasteiger charge is -2.29. The number of rotatable bonds is 5. The molecule has 0 amide bonds. The van der Waals surface area contributed by atoms with Gasteiger partial charge < -0.3 is 5.73 Å². The molecule has 0 aromatic carbocycles. The summed E-state index contributed by atoms with van der Waals surface area (Å²) in [5.74, 6) is 0.193. The quantitative estimate of drug-likeness (QED) is 0.790. The third-order valence-corrected chi connectivity index (χ3v) is 4.93. The van der Waals surface area contributed by atoms with E-state index in [1.165, 1.54) is 0 Å². The van der Waals surface area contributed by atoms with Crippen LogP contribution in [0, 0.1) is 5.41 Å². The summed E-state index contributed by atoms with van der Waals surface area (Å²) in [5.41, 5.74) is 5.41. The third kappa shape index (κ3) is 4.94. The Kier molecular flexibility index (Phi) is 4.60. The average Bonchev–Trinajstić information content (AvgIpc) is 2.63. The fourth-order valence-electron chi connectivity index (χ4n) is 2.22. The van der Waals surface area contributed by atoms with Crippen LogP contribution < -0.4 is 10.5 Å². The first-order valence-corrected chi connectivity index (χ1v) is 8.05. The molecular weight excluding hydrogens is 236 g/mol. The molecule has 4 nitrogen and oxygen atoms in total. The Balaban J connectivity index is 2.59. The van der Waals surface area contributed by atoms with Crippen molar-refractivity contribution in [3.05, 3.63) is 0 Å². The highest BCUT2D eigenvalue weighted by Gasteiger charge is 2.36. The zero-order chi connectivity index (χ0) is 13.2. The fraction of sp³-hybridized carbons (Fsp3) is 1.00. The zero-order valence-electron chi connectivity index (χ0n) is 11.3. The molecule has 1 fully saturated rings. The number of sulfonamides is 1. The van der Waals surface area contributed by atoms with Gasteiger partial charge in [0, 0.05) is 12.1 Å². The van der Waals surface area contributed by atoms with E-state index in [1.807, 2.05) is 0 Å². The van der Waals surface area contributed by atoms with Gasteiger partial charge in [0.05, 0.1) is 5.75 Å². The van der Waals surface area contributed by atoms with Crippen molar-refractivity contribution in [2.75, 3.05) is 12.3 Å². The van der Waals surface area contributed by atoms with Gasteiger partial charge in [-0.25, -0.2) is 13.1 Å². The summed E-state index contributed by atoms with van der Waals surface area (Å²) in [4.78, 5) is 0. The van der Waals surface area contributed by atoms with Crippen LogP contribution in [-0.2, 0) is 10.0 Å². The Bertz CT molecular complexity index is 338. The van der Waals surface area contributed by atoms with Crippen molar-refractivity contribution in [2.45, 2.75) is 58.4 Å². The molecule has 0 aromatic heterocycles. The molecule has 3 N–H and O–H groups in total. The maximum atomic E-state index is 12.0. The first-order valence-electron chi connectivity index (χ1n) is 6.40. The average molecular weight is 262 g/mol.